The third-order valence-corrected chi connectivity index (χ3v) is 2.23. The van der Waals surface area contributed by atoms with Gasteiger partial charge in [-0.2, -0.15) is 0 Å². The minimum absolute atomic E-state index is 0.395. The second-order valence-corrected chi connectivity index (χ2v) is 4.30. The first kappa shape index (κ1) is 12.1. The molecule has 0 aromatic heterocycles. The van der Waals surface area contributed by atoms with E-state index in [0.717, 1.165) is 6.42 Å². The van der Waals surface area contributed by atoms with Crippen LogP contribution in [0.3, 0.4) is 0 Å². The van der Waals surface area contributed by atoms with Crippen LogP contribution in [0, 0.1) is 5.92 Å². The highest BCUT2D eigenvalue weighted by Crippen LogP contribution is 2.06. The molecule has 0 spiro atoms. The lowest BCUT2D eigenvalue weighted by atomic mass is 10.1. The summed E-state index contributed by atoms with van der Waals surface area (Å²) in [6.07, 6.45) is 0.754. The lowest BCUT2D eigenvalue weighted by Gasteiger charge is -2.10. The summed E-state index contributed by atoms with van der Waals surface area (Å²) in [5, 5.41) is 0. The Balaban J connectivity index is 2.19. The van der Waals surface area contributed by atoms with E-state index in [4.69, 9.17) is 22.7 Å². The summed E-state index contributed by atoms with van der Waals surface area (Å²) < 4.78 is 5.57. The molecule has 0 aliphatic carbocycles. The summed E-state index contributed by atoms with van der Waals surface area (Å²) in [6, 6.07) is 10.1. The predicted octanol–water partition coefficient (Wildman–Crippen LogP) is 2.52. The lowest BCUT2D eigenvalue weighted by molar-refractivity contribution is 0.0941. The Morgan fingerprint density at radius 1 is 1.40 bits per heavy atom. The van der Waals surface area contributed by atoms with E-state index in [1.165, 1.54) is 5.56 Å². The molecule has 1 aromatic carbocycles. The highest BCUT2D eigenvalue weighted by atomic mass is 32.1. The van der Waals surface area contributed by atoms with Gasteiger partial charge in [-0.25, -0.2) is 0 Å². The number of benzene rings is 1. The van der Waals surface area contributed by atoms with Gasteiger partial charge in [-0.3, -0.25) is 0 Å². The number of ether oxygens (including phenoxy) is 1. The molecule has 0 radical (unpaired) electrons. The minimum atomic E-state index is 0.395. The third kappa shape index (κ3) is 5.50. The van der Waals surface area contributed by atoms with Crippen LogP contribution in [0.5, 0.6) is 0 Å². The van der Waals surface area contributed by atoms with Crippen LogP contribution >= 0.6 is 12.2 Å². The van der Waals surface area contributed by atoms with Crippen molar-refractivity contribution in [2.24, 2.45) is 11.7 Å². The molecule has 15 heavy (non-hydrogen) atoms. The molecule has 1 rings (SSSR count). The van der Waals surface area contributed by atoms with Gasteiger partial charge in [0.1, 0.15) is 0 Å². The van der Waals surface area contributed by atoms with Crippen LogP contribution in [0.15, 0.2) is 30.3 Å². The summed E-state index contributed by atoms with van der Waals surface area (Å²) in [4.78, 5) is 0.561. The summed E-state index contributed by atoms with van der Waals surface area (Å²) in [6.45, 7) is 3.44. The van der Waals surface area contributed by atoms with Crippen molar-refractivity contribution >= 4 is 17.2 Å². The average Bonchev–Trinajstić information content (AvgIpc) is 2.18. The van der Waals surface area contributed by atoms with Crippen LogP contribution in [-0.2, 0) is 11.3 Å². The van der Waals surface area contributed by atoms with Crippen molar-refractivity contribution in [3.63, 3.8) is 0 Å². The second-order valence-electron chi connectivity index (χ2n) is 3.78. The standard InChI is InChI=1S/C12H17NOS/c1-10(7-12(13)15)8-14-9-11-5-3-2-4-6-11/h2-6,10H,7-9H2,1H3,(H2,13,15)/t10-/m1/s1. The number of hydrogen-bond acceptors (Lipinski definition) is 2. The molecule has 3 heteroatoms. The summed E-state index contributed by atoms with van der Waals surface area (Å²) in [5.41, 5.74) is 6.65. The lowest BCUT2D eigenvalue weighted by Crippen LogP contribution is -2.16. The van der Waals surface area contributed by atoms with Gasteiger partial charge in [0.05, 0.1) is 11.6 Å². The Bertz CT molecular complexity index is 300. The summed E-state index contributed by atoms with van der Waals surface area (Å²) >= 11 is 4.84. The molecule has 1 aromatic rings. The molecule has 0 saturated heterocycles. The Hall–Kier alpha value is -0.930. The van der Waals surface area contributed by atoms with Crippen molar-refractivity contribution in [2.45, 2.75) is 20.0 Å². The molecule has 0 amide bonds. The van der Waals surface area contributed by atoms with Crippen molar-refractivity contribution < 1.29 is 4.74 Å². The summed E-state index contributed by atoms with van der Waals surface area (Å²) in [7, 11) is 0. The van der Waals surface area contributed by atoms with Crippen LogP contribution < -0.4 is 5.73 Å². The van der Waals surface area contributed by atoms with Crippen molar-refractivity contribution in [2.75, 3.05) is 6.61 Å². The van der Waals surface area contributed by atoms with Gasteiger partial charge in [0, 0.05) is 13.0 Å². The number of rotatable bonds is 6. The van der Waals surface area contributed by atoms with E-state index in [-0.39, 0.29) is 0 Å². The Kier molecular flexibility index (Phi) is 5.29. The van der Waals surface area contributed by atoms with Crippen molar-refractivity contribution in [1.82, 2.24) is 0 Å². The third-order valence-electron chi connectivity index (χ3n) is 2.06. The maximum absolute atomic E-state index is 5.57. The molecule has 0 aliphatic rings. The quantitative estimate of drug-likeness (QED) is 0.753. The van der Waals surface area contributed by atoms with Gasteiger partial charge >= 0.3 is 0 Å². The Labute approximate surface area is 96.4 Å². The van der Waals surface area contributed by atoms with Gasteiger partial charge in [0.15, 0.2) is 0 Å². The Morgan fingerprint density at radius 3 is 2.67 bits per heavy atom. The molecule has 0 heterocycles. The molecule has 82 valence electrons. The van der Waals surface area contributed by atoms with Crippen LogP contribution in [0.2, 0.25) is 0 Å². The summed E-state index contributed by atoms with van der Waals surface area (Å²) in [5.74, 6) is 0.395. The number of hydrogen-bond donors (Lipinski definition) is 1. The van der Waals surface area contributed by atoms with E-state index in [1.807, 2.05) is 18.2 Å². The van der Waals surface area contributed by atoms with Gasteiger partial charge in [0.25, 0.3) is 0 Å². The van der Waals surface area contributed by atoms with E-state index in [2.05, 4.69) is 19.1 Å². The van der Waals surface area contributed by atoms with E-state index < -0.39 is 0 Å². The van der Waals surface area contributed by atoms with Crippen LogP contribution in [0.1, 0.15) is 18.9 Å². The smallest absolute Gasteiger partial charge is 0.0730 e. The van der Waals surface area contributed by atoms with Gasteiger partial charge < -0.3 is 10.5 Å². The first-order valence-corrected chi connectivity index (χ1v) is 5.49. The zero-order chi connectivity index (χ0) is 11.1. The van der Waals surface area contributed by atoms with Crippen molar-refractivity contribution in [1.29, 1.82) is 0 Å². The molecule has 2 N–H and O–H groups in total. The topological polar surface area (TPSA) is 35.2 Å². The van der Waals surface area contributed by atoms with Crippen LogP contribution in [-0.4, -0.2) is 11.6 Å². The fourth-order valence-electron chi connectivity index (χ4n) is 1.35. The molecular weight excluding hydrogens is 206 g/mol. The number of nitrogens with two attached hydrogens (primary N) is 1. The maximum Gasteiger partial charge on any atom is 0.0730 e. The SMILES string of the molecule is C[C@@H](COCc1ccccc1)CC(N)=S. The molecule has 0 saturated carbocycles. The first-order valence-electron chi connectivity index (χ1n) is 5.08. The van der Waals surface area contributed by atoms with Crippen molar-refractivity contribution in [3.8, 4) is 0 Å². The molecule has 0 aliphatic heterocycles. The van der Waals surface area contributed by atoms with Gasteiger partial charge in [0.2, 0.25) is 0 Å². The fraction of sp³-hybridized carbons (Fsp3) is 0.417. The average molecular weight is 223 g/mol. The fourth-order valence-corrected chi connectivity index (χ4v) is 1.64. The molecule has 0 bridgehead atoms. The van der Waals surface area contributed by atoms with E-state index >= 15 is 0 Å². The second kappa shape index (κ2) is 6.53. The highest BCUT2D eigenvalue weighted by Gasteiger charge is 2.03. The molecule has 0 unspecified atom stereocenters. The van der Waals surface area contributed by atoms with Crippen LogP contribution in [0.4, 0.5) is 0 Å². The minimum Gasteiger partial charge on any atom is -0.393 e. The highest BCUT2D eigenvalue weighted by molar-refractivity contribution is 7.80. The van der Waals surface area contributed by atoms with E-state index in [0.29, 0.717) is 24.1 Å². The molecule has 0 fully saturated rings. The van der Waals surface area contributed by atoms with E-state index in [1.54, 1.807) is 0 Å². The van der Waals surface area contributed by atoms with Crippen LogP contribution in [0.25, 0.3) is 0 Å². The molecule has 2 nitrogen and oxygen atoms in total. The van der Waals surface area contributed by atoms with E-state index in [9.17, 15) is 0 Å². The molecule has 1 atom stereocenters. The molecular formula is C12H17NOS. The largest absolute Gasteiger partial charge is 0.393 e. The zero-order valence-corrected chi connectivity index (χ0v) is 9.80. The number of thiocarbonyl (C=S) groups is 1. The Morgan fingerprint density at radius 2 is 2.07 bits per heavy atom. The van der Waals surface area contributed by atoms with Gasteiger partial charge in [-0.15, -0.1) is 0 Å². The monoisotopic (exact) mass is 223 g/mol. The first-order chi connectivity index (χ1) is 7.18. The van der Waals surface area contributed by atoms with Gasteiger partial charge in [-0.05, 0) is 11.5 Å². The normalized spacial score (nSPS) is 12.3. The van der Waals surface area contributed by atoms with Gasteiger partial charge in [-0.1, -0.05) is 49.5 Å². The predicted molar refractivity (Wildman–Crippen MR) is 66.7 cm³/mol. The maximum atomic E-state index is 5.57. The van der Waals surface area contributed by atoms with Crippen molar-refractivity contribution in [3.05, 3.63) is 35.9 Å². The zero-order valence-electron chi connectivity index (χ0n) is 8.98.